The van der Waals surface area contributed by atoms with Crippen LogP contribution in [0.2, 0.25) is 0 Å². The van der Waals surface area contributed by atoms with Gasteiger partial charge >= 0.3 is 0 Å². The third kappa shape index (κ3) is 1.48. The van der Waals surface area contributed by atoms with E-state index in [-0.39, 0.29) is 0 Å². The summed E-state index contributed by atoms with van der Waals surface area (Å²) in [5, 5.41) is 0. The molecular formula is C14H20N2. The molecule has 2 unspecified atom stereocenters. The fourth-order valence-electron chi connectivity index (χ4n) is 3.42. The minimum atomic E-state index is 0.926. The molecular weight excluding hydrogens is 196 g/mol. The summed E-state index contributed by atoms with van der Waals surface area (Å²) in [6.45, 7) is 4.63. The summed E-state index contributed by atoms with van der Waals surface area (Å²) in [5.74, 6) is 1.89. The van der Waals surface area contributed by atoms with Gasteiger partial charge in [-0.3, -0.25) is 0 Å². The number of rotatable bonds is 1. The van der Waals surface area contributed by atoms with Crippen LogP contribution in [0.25, 0.3) is 0 Å². The molecule has 0 aromatic heterocycles. The maximum absolute atomic E-state index is 5.98. The first-order valence-corrected chi connectivity index (χ1v) is 6.36. The molecule has 2 aliphatic rings. The number of nitrogens with two attached hydrogens (primary N) is 1. The van der Waals surface area contributed by atoms with E-state index in [1.165, 1.54) is 43.6 Å². The van der Waals surface area contributed by atoms with Crippen molar-refractivity contribution in [3.05, 3.63) is 23.8 Å². The quantitative estimate of drug-likeness (QED) is 0.731. The third-order valence-corrected chi connectivity index (χ3v) is 4.41. The van der Waals surface area contributed by atoms with Crippen LogP contribution in [0.4, 0.5) is 11.4 Å². The average Bonchev–Trinajstić information content (AvgIpc) is 2.81. The molecule has 2 heteroatoms. The topological polar surface area (TPSA) is 29.3 Å². The van der Waals surface area contributed by atoms with Crippen molar-refractivity contribution in [3.63, 3.8) is 0 Å². The second kappa shape index (κ2) is 3.69. The SMILES string of the molecule is Cc1c(N)cccc1N1CC2CCCC2C1. The number of hydrogen-bond donors (Lipinski definition) is 1. The number of nitrogen functional groups attached to an aromatic ring is 1. The number of benzene rings is 1. The van der Waals surface area contributed by atoms with Gasteiger partial charge < -0.3 is 10.6 Å². The van der Waals surface area contributed by atoms with Crippen LogP contribution in [0.3, 0.4) is 0 Å². The van der Waals surface area contributed by atoms with Crippen LogP contribution in [0, 0.1) is 18.8 Å². The van der Waals surface area contributed by atoms with Gasteiger partial charge in [0.1, 0.15) is 0 Å². The van der Waals surface area contributed by atoms with E-state index in [9.17, 15) is 0 Å². The zero-order valence-electron chi connectivity index (χ0n) is 9.95. The van der Waals surface area contributed by atoms with Crippen LogP contribution >= 0.6 is 0 Å². The Morgan fingerprint density at radius 3 is 2.56 bits per heavy atom. The highest BCUT2D eigenvalue weighted by Crippen LogP contribution is 2.40. The van der Waals surface area contributed by atoms with E-state index >= 15 is 0 Å². The van der Waals surface area contributed by atoms with E-state index in [4.69, 9.17) is 5.73 Å². The molecule has 3 rings (SSSR count). The zero-order valence-corrected chi connectivity index (χ0v) is 9.95. The lowest BCUT2D eigenvalue weighted by Crippen LogP contribution is -2.21. The summed E-state index contributed by atoms with van der Waals surface area (Å²) < 4.78 is 0. The molecule has 0 radical (unpaired) electrons. The van der Waals surface area contributed by atoms with Gasteiger partial charge in [0.2, 0.25) is 0 Å². The van der Waals surface area contributed by atoms with Crippen LogP contribution < -0.4 is 10.6 Å². The number of nitrogens with zero attached hydrogens (tertiary/aromatic N) is 1. The lowest BCUT2D eigenvalue weighted by Gasteiger charge is -2.22. The van der Waals surface area contributed by atoms with E-state index in [0.717, 1.165) is 17.5 Å². The molecule has 2 N–H and O–H groups in total. The van der Waals surface area contributed by atoms with Gasteiger partial charge in [-0.2, -0.15) is 0 Å². The number of hydrogen-bond acceptors (Lipinski definition) is 2. The Balaban J connectivity index is 1.86. The molecule has 0 bridgehead atoms. The Kier molecular flexibility index (Phi) is 2.31. The van der Waals surface area contributed by atoms with E-state index < -0.39 is 0 Å². The second-order valence-electron chi connectivity index (χ2n) is 5.35. The van der Waals surface area contributed by atoms with Crippen molar-refractivity contribution in [3.8, 4) is 0 Å². The molecule has 1 saturated heterocycles. The summed E-state index contributed by atoms with van der Waals surface area (Å²) in [4.78, 5) is 2.54. The monoisotopic (exact) mass is 216 g/mol. The van der Waals surface area contributed by atoms with Gasteiger partial charge in [-0.1, -0.05) is 12.5 Å². The van der Waals surface area contributed by atoms with Crippen LogP contribution in [0.15, 0.2) is 18.2 Å². The fourth-order valence-corrected chi connectivity index (χ4v) is 3.42. The summed E-state index contributed by atoms with van der Waals surface area (Å²) in [7, 11) is 0. The molecule has 1 aromatic carbocycles. The predicted octanol–water partition coefficient (Wildman–Crippen LogP) is 2.81. The first kappa shape index (κ1) is 10.0. The molecule has 1 heterocycles. The molecule has 2 atom stereocenters. The van der Waals surface area contributed by atoms with Crippen LogP contribution in [0.5, 0.6) is 0 Å². The lowest BCUT2D eigenvalue weighted by atomic mass is 10.0. The molecule has 0 spiro atoms. The Hall–Kier alpha value is -1.18. The zero-order chi connectivity index (χ0) is 11.1. The summed E-state index contributed by atoms with van der Waals surface area (Å²) in [5.41, 5.74) is 9.51. The van der Waals surface area contributed by atoms with Crippen molar-refractivity contribution in [2.45, 2.75) is 26.2 Å². The fraction of sp³-hybridized carbons (Fsp3) is 0.571. The second-order valence-corrected chi connectivity index (χ2v) is 5.35. The first-order valence-electron chi connectivity index (χ1n) is 6.36. The highest BCUT2D eigenvalue weighted by molar-refractivity contribution is 5.64. The maximum Gasteiger partial charge on any atom is 0.0416 e. The molecule has 1 aliphatic heterocycles. The first-order chi connectivity index (χ1) is 7.75. The maximum atomic E-state index is 5.98. The van der Waals surface area contributed by atoms with Gasteiger partial charge in [0.15, 0.2) is 0 Å². The molecule has 0 amide bonds. The van der Waals surface area contributed by atoms with Gasteiger partial charge in [-0.25, -0.2) is 0 Å². The predicted molar refractivity (Wildman–Crippen MR) is 68.6 cm³/mol. The van der Waals surface area contributed by atoms with Gasteiger partial charge in [-0.15, -0.1) is 0 Å². The summed E-state index contributed by atoms with van der Waals surface area (Å²) in [6.07, 6.45) is 4.31. The van der Waals surface area contributed by atoms with Gasteiger partial charge in [-0.05, 0) is 49.3 Å². The van der Waals surface area contributed by atoms with Crippen LogP contribution in [0.1, 0.15) is 24.8 Å². The van der Waals surface area contributed by atoms with Crippen molar-refractivity contribution in [2.24, 2.45) is 11.8 Å². The van der Waals surface area contributed by atoms with Crippen molar-refractivity contribution in [1.29, 1.82) is 0 Å². The normalized spacial score (nSPS) is 28.4. The van der Waals surface area contributed by atoms with Crippen LogP contribution in [-0.2, 0) is 0 Å². The highest BCUT2D eigenvalue weighted by Gasteiger charge is 2.36. The van der Waals surface area contributed by atoms with E-state index in [1.807, 2.05) is 6.07 Å². The molecule has 2 nitrogen and oxygen atoms in total. The summed E-state index contributed by atoms with van der Waals surface area (Å²) in [6, 6.07) is 6.29. The minimum absolute atomic E-state index is 0.926. The van der Waals surface area contributed by atoms with Crippen LogP contribution in [-0.4, -0.2) is 13.1 Å². The molecule has 2 fully saturated rings. The van der Waals surface area contributed by atoms with Crippen molar-refractivity contribution < 1.29 is 0 Å². The summed E-state index contributed by atoms with van der Waals surface area (Å²) >= 11 is 0. The van der Waals surface area contributed by atoms with E-state index in [1.54, 1.807) is 0 Å². The van der Waals surface area contributed by atoms with Gasteiger partial charge in [0.05, 0.1) is 0 Å². The van der Waals surface area contributed by atoms with Gasteiger partial charge in [0, 0.05) is 24.5 Å². The molecule has 1 saturated carbocycles. The smallest absolute Gasteiger partial charge is 0.0416 e. The minimum Gasteiger partial charge on any atom is -0.398 e. The van der Waals surface area contributed by atoms with Gasteiger partial charge in [0.25, 0.3) is 0 Å². The van der Waals surface area contributed by atoms with Crippen molar-refractivity contribution in [2.75, 3.05) is 23.7 Å². The van der Waals surface area contributed by atoms with E-state index in [0.29, 0.717) is 0 Å². The molecule has 86 valence electrons. The standard InChI is InChI=1S/C14H20N2/c1-10-13(15)6-3-7-14(10)16-8-11-4-2-5-12(11)9-16/h3,6-7,11-12H,2,4-5,8-9,15H2,1H3. The Bertz CT molecular complexity index is 388. The Morgan fingerprint density at radius 1 is 1.19 bits per heavy atom. The largest absolute Gasteiger partial charge is 0.398 e. The Morgan fingerprint density at radius 2 is 1.88 bits per heavy atom. The highest BCUT2D eigenvalue weighted by atomic mass is 15.2. The molecule has 1 aromatic rings. The van der Waals surface area contributed by atoms with Crippen molar-refractivity contribution >= 4 is 11.4 Å². The van der Waals surface area contributed by atoms with E-state index in [2.05, 4.69) is 24.0 Å². The lowest BCUT2D eigenvalue weighted by molar-refractivity contribution is 0.494. The average molecular weight is 216 g/mol. The Labute approximate surface area is 97.4 Å². The van der Waals surface area contributed by atoms with Crippen molar-refractivity contribution in [1.82, 2.24) is 0 Å². The molecule has 1 aliphatic carbocycles. The number of fused-ring (bicyclic) bond motifs is 1. The molecule has 16 heavy (non-hydrogen) atoms. The third-order valence-electron chi connectivity index (χ3n) is 4.41. The number of anilines is 2.